The van der Waals surface area contributed by atoms with Gasteiger partial charge in [-0.25, -0.2) is 15.0 Å². The van der Waals surface area contributed by atoms with Crippen LogP contribution in [0.3, 0.4) is 0 Å². The van der Waals surface area contributed by atoms with E-state index in [1.807, 2.05) is 13.0 Å². The Morgan fingerprint density at radius 2 is 2.18 bits per heavy atom. The fourth-order valence-corrected chi connectivity index (χ4v) is 5.12. The molecule has 2 aliphatic rings. The molecule has 5 heterocycles. The molecule has 166 valence electrons. The van der Waals surface area contributed by atoms with Crippen LogP contribution in [-0.2, 0) is 4.79 Å². The van der Waals surface area contributed by atoms with Crippen molar-refractivity contribution in [1.82, 2.24) is 30.0 Å². The normalized spacial score (nSPS) is 17.6. The number of anilines is 1. The van der Waals surface area contributed by atoms with E-state index in [1.165, 1.54) is 6.08 Å². The molecule has 0 saturated carbocycles. The number of amides is 1. The number of hydrogen-bond acceptors (Lipinski definition) is 7. The average molecular weight is 462 g/mol. The van der Waals surface area contributed by atoms with Crippen molar-refractivity contribution in [3.8, 4) is 16.9 Å². The van der Waals surface area contributed by atoms with E-state index < -0.39 is 0 Å². The molecule has 33 heavy (non-hydrogen) atoms. The molecule has 10 heteroatoms. The van der Waals surface area contributed by atoms with E-state index in [-0.39, 0.29) is 11.9 Å². The number of rotatable bonds is 2. The van der Waals surface area contributed by atoms with Gasteiger partial charge in [0.15, 0.2) is 11.4 Å². The molecular formula is C23H20ClN7O2. The van der Waals surface area contributed by atoms with E-state index in [4.69, 9.17) is 16.3 Å². The maximum absolute atomic E-state index is 12.2. The van der Waals surface area contributed by atoms with Crippen molar-refractivity contribution >= 4 is 45.3 Å². The molecule has 1 amide bonds. The number of pyridine rings is 1. The van der Waals surface area contributed by atoms with Gasteiger partial charge in [0.05, 0.1) is 28.2 Å². The summed E-state index contributed by atoms with van der Waals surface area (Å²) in [5.41, 5.74) is 4.14. The number of hydrogen-bond donors (Lipinski definition) is 1. The number of halogens is 1. The Balaban J connectivity index is 1.53. The van der Waals surface area contributed by atoms with Gasteiger partial charge in [-0.3, -0.25) is 9.89 Å². The minimum Gasteiger partial charge on any atom is -0.489 e. The topological polar surface area (TPSA) is 100 Å². The summed E-state index contributed by atoms with van der Waals surface area (Å²) >= 11 is 7.01. The van der Waals surface area contributed by atoms with Gasteiger partial charge < -0.3 is 14.5 Å². The molecule has 0 spiro atoms. The lowest BCUT2D eigenvalue weighted by atomic mass is 9.97. The van der Waals surface area contributed by atoms with Crippen molar-refractivity contribution in [2.24, 2.45) is 0 Å². The molecule has 1 N–H and O–H groups in total. The third-order valence-electron chi connectivity index (χ3n) is 6.40. The first kappa shape index (κ1) is 19.9. The molecule has 3 aromatic heterocycles. The van der Waals surface area contributed by atoms with Crippen LogP contribution >= 0.6 is 11.6 Å². The molecule has 9 nitrogen and oxygen atoms in total. The molecule has 0 bridgehead atoms. The Bertz CT molecular complexity index is 1450. The molecule has 1 saturated heterocycles. The van der Waals surface area contributed by atoms with Crippen LogP contribution in [0, 0.1) is 6.92 Å². The summed E-state index contributed by atoms with van der Waals surface area (Å²) in [5.74, 6) is 1.25. The second kappa shape index (κ2) is 7.41. The summed E-state index contributed by atoms with van der Waals surface area (Å²) in [6.45, 7) is 7.71. The van der Waals surface area contributed by atoms with Gasteiger partial charge in [-0.2, -0.15) is 5.10 Å². The number of H-pyrrole nitrogens is 1. The first-order valence-corrected chi connectivity index (χ1v) is 11.0. The van der Waals surface area contributed by atoms with Crippen LogP contribution in [-0.4, -0.2) is 68.2 Å². The van der Waals surface area contributed by atoms with E-state index >= 15 is 0 Å². The van der Waals surface area contributed by atoms with Gasteiger partial charge in [-0.15, -0.1) is 0 Å². The molecule has 1 fully saturated rings. The molecule has 1 atom stereocenters. The number of nitrogens with one attached hydrogen (secondary N) is 1. The molecule has 0 unspecified atom stereocenters. The summed E-state index contributed by atoms with van der Waals surface area (Å²) in [5, 5.41) is 9.22. The zero-order valence-corrected chi connectivity index (χ0v) is 18.6. The zero-order chi connectivity index (χ0) is 22.7. The van der Waals surface area contributed by atoms with Gasteiger partial charge in [0.25, 0.3) is 0 Å². The van der Waals surface area contributed by atoms with Crippen molar-refractivity contribution in [3.05, 3.63) is 48.0 Å². The van der Waals surface area contributed by atoms with Crippen LogP contribution < -0.4 is 9.64 Å². The maximum Gasteiger partial charge on any atom is 0.246 e. The Morgan fingerprint density at radius 1 is 1.30 bits per heavy atom. The Hall–Kier alpha value is -3.72. The highest BCUT2D eigenvalue weighted by molar-refractivity contribution is 6.37. The largest absolute Gasteiger partial charge is 0.489 e. The van der Waals surface area contributed by atoms with Crippen LogP contribution in [0.25, 0.3) is 33.1 Å². The molecule has 0 radical (unpaired) electrons. The van der Waals surface area contributed by atoms with E-state index in [0.29, 0.717) is 42.7 Å². The van der Waals surface area contributed by atoms with Gasteiger partial charge in [0, 0.05) is 42.3 Å². The highest BCUT2D eigenvalue weighted by atomic mass is 35.5. The summed E-state index contributed by atoms with van der Waals surface area (Å²) in [7, 11) is 0. The standard InChI is InChI=1S/C23H20ClN7O2/c1-3-17(32)30-4-5-31-13(9-30)10-33-21-19-16(26-11-27-23(19)31)6-14(20(21)24)18-12(2)7-25-22-15(18)8-28-29-22/h3,6-8,11,13H,1,4-5,9-10H2,2H3,(H,25,28,29)/t13-/m0/s1. The molecule has 6 rings (SSSR count). The van der Waals surface area contributed by atoms with Gasteiger partial charge in [0.1, 0.15) is 18.8 Å². The quantitative estimate of drug-likeness (QED) is 0.458. The maximum atomic E-state index is 12.2. The minimum absolute atomic E-state index is 0.0593. The Kier molecular flexibility index (Phi) is 4.48. The van der Waals surface area contributed by atoms with E-state index in [1.54, 1.807) is 23.6 Å². The lowest BCUT2D eigenvalue weighted by Crippen LogP contribution is -2.56. The zero-order valence-electron chi connectivity index (χ0n) is 17.9. The van der Waals surface area contributed by atoms with Crippen molar-refractivity contribution in [1.29, 1.82) is 0 Å². The van der Waals surface area contributed by atoms with Crippen LogP contribution in [0.15, 0.2) is 37.4 Å². The monoisotopic (exact) mass is 461 g/mol. The van der Waals surface area contributed by atoms with Crippen molar-refractivity contribution < 1.29 is 9.53 Å². The number of aryl methyl sites for hydroxylation is 1. The number of aromatic amines is 1. The molecule has 0 aliphatic carbocycles. The predicted octanol–water partition coefficient (Wildman–Crippen LogP) is 3.13. The minimum atomic E-state index is -0.0816. The summed E-state index contributed by atoms with van der Waals surface area (Å²) < 4.78 is 6.32. The fourth-order valence-electron chi connectivity index (χ4n) is 4.83. The van der Waals surface area contributed by atoms with Gasteiger partial charge in [-0.05, 0) is 24.6 Å². The average Bonchev–Trinajstić information content (AvgIpc) is 3.24. The summed E-state index contributed by atoms with van der Waals surface area (Å²) in [6.07, 6.45) is 6.46. The second-order valence-corrected chi connectivity index (χ2v) is 8.63. The third-order valence-corrected chi connectivity index (χ3v) is 6.78. The second-order valence-electron chi connectivity index (χ2n) is 8.25. The number of carbonyl (C=O) groups excluding carboxylic acids is 1. The fraction of sp³-hybridized carbons (Fsp3) is 0.261. The smallest absolute Gasteiger partial charge is 0.246 e. The van der Waals surface area contributed by atoms with Crippen LogP contribution in [0.5, 0.6) is 5.75 Å². The van der Waals surface area contributed by atoms with Crippen LogP contribution in [0.4, 0.5) is 5.82 Å². The van der Waals surface area contributed by atoms with Gasteiger partial charge in [0.2, 0.25) is 5.91 Å². The third kappa shape index (κ3) is 2.96. The predicted molar refractivity (Wildman–Crippen MR) is 126 cm³/mol. The highest BCUT2D eigenvalue weighted by Gasteiger charge is 2.35. The number of aromatic nitrogens is 5. The van der Waals surface area contributed by atoms with E-state index in [9.17, 15) is 4.79 Å². The highest BCUT2D eigenvalue weighted by Crippen LogP contribution is 2.47. The van der Waals surface area contributed by atoms with Crippen LogP contribution in [0.1, 0.15) is 5.56 Å². The van der Waals surface area contributed by atoms with E-state index in [0.717, 1.165) is 38.8 Å². The number of fused-ring (bicyclic) bond motifs is 3. The number of piperazine rings is 1. The van der Waals surface area contributed by atoms with Gasteiger partial charge in [-0.1, -0.05) is 18.2 Å². The molecule has 4 aromatic rings. The summed E-state index contributed by atoms with van der Waals surface area (Å²) in [6, 6.07) is 1.92. The first-order chi connectivity index (χ1) is 16.1. The van der Waals surface area contributed by atoms with Crippen molar-refractivity contribution in [3.63, 3.8) is 0 Å². The number of nitrogens with zero attached hydrogens (tertiary/aromatic N) is 6. The number of carbonyl (C=O) groups is 1. The molecule has 1 aromatic carbocycles. The lowest BCUT2D eigenvalue weighted by Gasteiger charge is -2.40. The molecule has 2 aliphatic heterocycles. The summed E-state index contributed by atoms with van der Waals surface area (Å²) in [4.78, 5) is 29.7. The van der Waals surface area contributed by atoms with Crippen molar-refractivity contribution in [2.45, 2.75) is 13.0 Å². The number of ether oxygens (including phenoxy) is 1. The SMILES string of the molecule is C=CC(=O)N1CCN2c3ncnc4cc(-c5c(C)cnc6[nH]ncc56)c(Cl)c(c34)OC[C@@H]2C1. The van der Waals surface area contributed by atoms with E-state index in [2.05, 4.69) is 36.6 Å². The Morgan fingerprint density at radius 3 is 3.03 bits per heavy atom. The Labute approximate surface area is 194 Å². The van der Waals surface area contributed by atoms with Crippen LogP contribution in [0.2, 0.25) is 5.02 Å². The number of benzene rings is 1. The lowest BCUT2D eigenvalue weighted by molar-refractivity contribution is -0.126. The molecular weight excluding hydrogens is 442 g/mol. The van der Waals surface area contributed by atoms with Gasteiger partial charge >= 0.3 is 0 Å². The van der Waals surface area contributed by atoms with Crippen molar-refractivity contribution in [2.75, 3.05) is 31.1 Å². The first-order valence-electron chi connectivity index (χ1n) is 10.6.